The predicted octanol–water partition coefficient (Wildman–Crippen LogP) is 3.69. The Morgan fingerprint density at radius 2 is 2.05 bits per heavy atom. The minimum Gasteiger partial charge on any atom is -0.461 e. The number of nitrogens with zero attached hydrogens (tertiary/aromatic N) is 1. The number of carbonyl (C=O) groups is 1. The molecule has 21 heavy (non-hydrogen) atoms. The van der Waals surface area contributed by atoms with Gasteiger partial charge in [0.2, 0.25) is 0 Å². The molecule has 0 heterocycles. The minimum absolute atomic E-state index is 0.0400. The molecule has 1 rings (SSSR count). The topological polar surface area (TPSA) is 69.4 Å². The number of hydrogen-bond acceptors (Lipinski definition) is 4. The van der Waals surface area contributed by atoms with Crippen molar-refractivity contribution in [2.75, 3.05) is 0 Å². The highest BCUT2D eigenvalue weighted by atomic mass is 35.5. The summed E-state index contributed by atoms with van der Waals surface area (Å²) in [5.74, 6) is -0.357. The molecule has 0 saturated heterocycles. The van der Waals surface area contributed by atoms with Crippen LogP contribution in [-0.2, 0) is 16.1 Å². The third kappa shape index (κ3) is 7.45. The van der Waals surface area contributed by atoms with E-state index in [1.807, 2.05) is 0 Å². The van der Waals surface area contributed by atoms with Gasteiger partial charge in [-0.1, -0.05) is 24.6 Å². The second-order valence-electron chi connectivity index (χ2n) is 4.26. The number of para-hydroxylation sites is 1. The second kappa shape index (κ2) is 9.76. The summed E-state index contributed by atoms with van der Waals surface area (Å²) < 4.78 is 4.72. The molecule has 0 N–H and O–H groups in total. The molecule has 0 spiro atoms. The number of ether oxygens (including phenoxy) is 1. The average Bonchev–Trinajstić information content (AvgIpc) is 2.44. The highest BCUT2D eigenvalue weighted by Gasteiger charge is 2.14. The molecule has 114 valence electrons. The number of hydrogen-bond donors (Lipinski definition) is 0. The maximum Gasteiger partial charge on any atom is 0.306 e. The SMILES string of the molecule is O=C(CCCC[Si]C(Cl)Cl)OCc1ccccc1[N+](=O)[O-]. The number of nitro groups is 1. The van der Waals surface area contributed by atoms with Crippen molar-refractivity contribution < 1.29 is 14.5 Å². The van der Waals surface area contributed by atoms with E-state index in [9.17, 15) is 14.9 Å². The van der Waals surface area contributed by atoms with Crippen molar-refractivity contribution in [1.82, 2.24) is 0 Å². The molecular weight excluding hydrogens is 333 g/mol. The van der Waals surface area contributed by atoms with Gasteiger partial charge in [-0.2, -0.15) is 0 Å². The van der Waals surface area contributed by atoms with Crippen LogP contribution in [0.2, 0.25) is 6.04 Å². The number of alkyl halides is 2. The zero-order valence-corrected chi connectivity index (χ0v) is 13.8. The summed E-state index contributed by atoms with van der Waals surface area (Å²) >= 11 is 11.2. The molecule has 5 nitrogen and oxygen atoms in total. The molecule has 0 aliphatic rings. The lowest BCUT2D eigenvalue weighted by molar-refractivity contribution is -0.385. The maximum absolute atomic E-state index is 11.6. The van der Waals surface area contributed by atoms with Crippen LogP contribution < -0.4 is 0 Å². The van der Waals surface area contributed by atoms with E-state index in [0.29, 0.717) is 27.9 Å². The van der Waals surface area contributed by atoms with Gasteiger partial charge in [0.1, 0.15) is 6.61 Å². The first-order valence-electron chi connectivity index (χ1n) is 6.40. The normalized spacial score (nSPS) is 10.6. The summed E-state index contributed by atoms with van der Waals surface area (Å²) in [5, 5.41) is 10.8. The Hall–Kier alpha value is -1.11. The molecule has 0 saturated carbocycles. The van der Waals surface area contributed by atoms with Crippen molar-refractivity contribution in [2.45, 2.75) is 36.4 Å². The Morgan fingerprint density at radius 1 is 1.33 bits per heavy atom. The highest BCUT2D eigenvalue weighted by molar-refractivity contribution is 6.68. The number of carbonyl (C=O) groups excluding carboxylic acids is 1. The lowest BCUT2D eigenvalue weighted by atomic mass is 10.2. The fourth-order valence-electron chi connectivity index (χ4n) is 1.65. The van der Waals surface area contributed by atoms with Gasteiger partial charge in [-0.05, 0) is 12.5 Å². The quantitative estimate of drug-likeness (QED) is 0.170. The largest absolute Gasteiger partial charge is 0.461 e. The summed E-state index contributed by atoms with van der Waals surface area (Å²) in [5.41, 5.74) is 0.353. The molecule has 2 radical (unpaired) electrons. The monoisotopic (exact) mass is 347 g/mol. The maximum atomic E-state index is 11.6. The third-order valence-corrected chi connectivity index (χ3v) is 4.56. The molecule has 1 aromatic carbocycles. The van der Waals surface area contributed by atoms with Gasteiger partial charge in [-0.3, -0.25) is 14.9 Å². The molecule has 0 aromatic heterocycles. The van der Waals surface area contributed by atoms with E-state index in [-0.39, 0.29) is 22.7 Å². The average molecular weight is 348 g/mol. The zero-order valence-electron chi connectivity index (χ0n) is 11.3. The van der Waals surface area contributed by atoms with Crippen molar-refractivity contribution >= 4 is 44.4 Å². The highest BCUT2D eigenvalue weighted by Crippen LogP contribution is 2.18. The smallest absolute Gasteiger partial charge is 0.306 e. The fourth-order valence-corrected chi connectivity index (χ4v) is 2.97. The van der Waals surface area contributed by atoms with E-state index in [1.165, 1.54) is 6.07 Å². The van der Waals surface area contributed by atoms with Crippen LogP contribution in [0.15, 0.2) is 24.3 Å². The van der Waals surface area contributed by atoms with Crippen LogP contribution in [0.5, 0.6) is 0 Å². The molecule has 1 aromatic rings. The Bertz CT molecular complexity index is 485. The molecule has 0 aliphatic carbocycles. The van der Waals surface area contributed by atoms with E-state index in [0.717, 1.165) is 12.5 Å². The van der Waals surface area contributed by atoms with E-state index in [2.05, 4.69) is 0 Å². The summed E-state index contributed by atoms with van der Waals surface area (Å²) in [6, 6.07) is 7.10. The minimum atomic E-state index is -0.487. The van der Waals surface area contributed by atoms with Gasteiger partial charge in [-0.25, -0.2) is 0 Å². The van der Waals surface area contributed by atoms with Crippen LogP contribution in [0.25, 0.3) is 0 Å². The molecule has 0 bridgehead atoms. The second-order valence-corrected chi connectivity index (χ2v) is 7.57. The Labute approximate surface area is 135 Å². The summed E-state index contributed by atoms with van der Waals surface area (Å²) in [6.07, 6.45) is 1.85. The first kappa shape index (κ1) is 17.9. The Morgan fingerprint density at radius 3 is 2.71 bits per heavy atom. The predicted molar refractivity (Wildman–Crippen MR) is 82.8 cm³/mol. The van der Waals surface area contributed by atoms with Gasteiger partial charge in [0.25, 0.3) is 5.69 Å². The first-order valence-corrected chi connectivity index (χ1v) is 8.56. The van der Waals surface area contributed by atoms with Crippen LogP contribution >= 0.6 is 23.2 Å². The van der Waals surface area contributed by atoms with Gasteiger partial charge in [0, 0.05) is 12.5 Å². The summed E-state index contributed by atoms with van der Waals surface area (Å²) in [4.78, 5) is 21.9. The van der Waals surface area contributed by atoms with Gasteiger partial charge < -0.3 is 4.74 Å². The van der Waals surface area contributed by atoms with Crippen molar-refractivity contribution in [3.05, 3.63) is 39.9 Å². The molecular formula is C13H15Cl2NO4Si. The van der Waals surface area contributed by atoms with Gasteiger partial charge in [-0.15, -0.1) is 23.2 Å². The van der Waals surface area contributed by atoms with E-state index >= 15 is 0 Å². The van der Waals surface area contributed by atoms with E-state index in [4.69, 9.17) is 27.9 Å². The number of rotatable bonds is 9. The molecule has 0 unspecified atom stereocenters. The summed E-state index contributed by atoms with van der Waals surface area (Å²) in [6.45, 7) is -0.0802. The standard InChI is InChI=1S/C13H15Cl2NO4Si/c14-13(15)21-8-4-3-7-12(17)20-9-10-5-1-2-6-11(10)16(18)19/h1-2,5-6,13H,3-4,7-9H2. The molecule has 8 heteroatoms. The van der Waals surface area contributed by atoms with Crippen LogP contribution in [0, 0.1) is 10.1 Å². The van der Waals surface area contributed by atoms with Gasteiger partial charge in [0.05, 0.1) is 24.5 Å². The lowest BCUT2D eigenvalue weighted by Crippen LogP contribution is -2.06. The van der Waals surface area contributed by atoms with Crippen LogP contribution in [-0.4, -0.2) is 24.9 Å². The fraction of sp³-hybridized carbons (Fsp3) is 0.462. The van der Waals surface area contributed by atoms with Crippen molar-refractivity contribution in [3.63, 3.8) is 0 Å². The van der Waals surface area contributed by atoms with Gasteiger partial charge in [0.15, 0.2) is 0 Å². The van der Waals surface area contributed by atoms with Crippen LogP contribution in [0.4, 0.5) is 5.69 Å². The van der Waals surface area contributed by atoms with Crippen molar-refractivity contribution in [1.29, 1.82) is 0 Å². The van der Waals surface area contributed by atoms with Crippen molar-refractivity contribution in [3.8, 4) is 0 Å². The number of esters is 1. The number of halogens is 2. The Balaban J connectivity index is 2.29. The molecule has 0 aliphatic heterocycles. The Kier molecular flexibility index (Phi) is 8.33. The number of nitro benzene ring substituents is 1. The molecule has 0 amide bonds. The van der Waals surface area contributed by atoms with Gasteiger partial charge >= 0.3 is 5.97 Å². The number of unbranched alkanes of at least 4 members (excludes halogenated alkanes) is 1. The summed E-state index contributed by atoms with van der Waals surface area (Å²) in [7, 11) is 0.470. The first-order chi connectivity index (χ1) is 10.0. The van der Waals surface area contributed by atoms with Crippen LogP contribution in [0.1, 0.15) is 24.8 Å². The van der Waals surface area contributed by atoms with Crippen molar-refractivity contribution in [2.24, 2.45) is 0 Å². The van der Waals surface area contributed by atoms with Crippen LogP contribution in [0.3, 0.4) is 0 Å². The number of benzene rings is 1. The van der Waals surface area contributed by atoms with E-state index < -0.39 is 4.92 Å². The lowest BCUT2D eigenvalue weighted by Gasteiger charge is -2.05. The third-order valence-electron chi connectivity index (χ3n) is 2.68. The zero-order chi connectivity index (χ0) is 15.7. The molecule has 0 atom stereocenters. The van der Waals surface area contributed by atoms with E-state index in [1.54, 1.807) is 18.2 Å². The molecule has 0 fully saturated rings.